The minimum Gasteiger partial charge on any atom is -0.365 e. The molecule has 1 spiro atoms. The van der Waals surface area contributed by atoms with Gasteiger partial charge in [0.25, 0.3) is 0 Å². The highest BCUT2D eigenvalue weighted by Crippen LogP contribution is 2.48. The molecule has 25 heavy (non-hydrogen) atoms. The van der Waals surface area contributed by atoms with E-state index >= 15 is 4.39 Å². The topological polar surface area (TPSA) is 25.0 Å². The van der Waals surface area contributed by atoms with Crippen LogP contribution in [0, 0.1) is 0 Å². The molecule has 3 heteroatoms. The van der Waals surface area contributed by atoms with Gasteiger partial charge in [0, 0.05) is 23.7 Å². The van der Waals surface area contributed by atoms with Crippen LogP contribution in [0.4, 0.5) is 4.39 Å². The molecule has 0 amide bonds. The first-order valence-electron chi connectivity index (χ1n) is 8.90. The Morgan fingerprint density at radius 3 is 2.68 bits per heavy atom. The Bertz CT molecular complexity index is 959. The molecule has 1 aliphatic carbocycles. The molecule has 2 aromatic carbocycles. The largest absolute Gasteiger partial charge is 0.365 e. The molecule has 2 unspecified atom stereocenters. The van der Waals surface area contributed by atoms with Crippen LogP contribution in [-0.2, 0) is 16.8 Å². The summed E-state index contributed by atoms with van der Waals surface area (Å²) in [6.07, 6.45) is 2.89. The van der Waals surface area contributed by atoms with E-state index in [4.69, 9.17) is 4.74 Å². The van der Waals surface area contributed by atoms with Crippen molar-refractivity contribution in [3.8, 4) is 0 Å². The van der Waals surface area contributed by atoms with Crippen LogP contribution < -0.4 is 0 Å². The molecular formula is C22H20FNO. The molecule has 0 saturated heterocycles. The average Bonchev–Trinajstić information content (AvgIpc) is 3.05. The lowest BCUT2D eigenvalue weighted by Gasteiger charge is -2.42. The van der Waals surface area contributed by atoms with Gasteiger partial charge in [-0.1, -0.05) is 54.6 Å². The van der Waals surface area contributed by atoms with Crippen LogP contribution in [0.3, 0.4) is 0 Å². The summed E-state index contributed by atoms with van der Waals surface area (Å²) in [6.45, 7) is 0.573. The van der Waals surface area contributed by atoms with Gasteiger partial charge in [0.05, 0.1) is 12.3 Å². The number of para-hydroxylation sites is 1. The highest BCUT2D eigenvalue weighted by Gasteiger charge is 2.48. The van der Waals surface area contributed by atoms with Crippen molar-refractivity contribution in [1.29, 1.82) is 0 Å². The molecule has 5 rings (SSSR count). The molecule has 0 fully saturated rings. The lowest BCUT2D eigenvalue weighted by Crippen LogP contribution is -2.45. The summed E-state index contributed by atoms with van der Waals surface area (Å²) in [4.78, 5) is 3.47. The first-order valence-corrected chi connectivity index (χ1v) is 8.90. The zero-order chi connectivity index (χ0) is 16.9. The number of alkyl halides is 1. The number of rotatable bonds is 1. The van der Waals surface area contributed by atoms with Crippen molar-refractivity contribution < 1.29 is 9.13 Å². The molecule has 1 N–H and O–H groups in total. The van der Waals surface area contributed by atoms with Crippen molar-refractivity contribution in [2.24, 2.45) is 0 Å². The van der Waals surface area contributed by atoms with Gasteiger partial charge in [-0.3, -0.25) is 0 Å². The average molecular weight is 333 g/mol. The number of allylic oxidation sites excluding steroid dienone is 1. The maximum atomic E-state index is 15.5. The van der Waals surface area contributed by atoms with Crippen molar-refractivity contribution in [1.82, 2.24) is 4.98 Å². The van der Waals surface area contributed by atoms with Gasteiger partial charge in [0.1, 0.15) is 11.8 Å². The second-order valence-electron chi connectivity index (χ2n) is 6.98. The quantitative estimate of drug-likeness (QED) is 0.654. The van der Waals surface area contributed by atoms with Crippen LogP contribution in [0.5, 0.6) is 0 Å². The van der Waals surface area contributed by atoms with Gasteiger partial charge >= 0.3 is 0 Å². The number of halogens is 1. The number of aromatic nitrogens is 1. The number of fused-ring (bicyclic) bond motifs is 4. The van der Waals surface area contributed by atoms with E-state index in [-0.39, 0.29) is 0 Å². The van der Waals surface area contributed by atoms with Crippen LogP contribution in [0.15, 0.2) is 60.7 Å². The summed E-state index contributed by atoms with van der Waals surface area (Å²) in [5.41, 5.74) is 4.54. The highest BCUT2D eigenvalue weighted by molar-refractivity contribution is 5.85. The number of H-pyrrole nitrogens is 1. The smallest absolute Gasteiger partial charge is 0.143 e. The maximum absolute atomic E-state index is 15.5. The van der Waals surface area contributed by atoms with Gasteiger partial charge in [-0.05, 0) is 29.2 Å². The normalized spacial score (nSPS) is 25.8. The molecule has 0 bridgehead atoms. The minimum absolute atomic E-state index is 0.388. The monoisotopic (exact) mass is 333 g/mol. The predicted molar refractivity (Wildman–Crippen MR) is 98.2 cm³/mol. The van der Waals surface area contributed by atoms with Crippen molar-refractivity contribution in [3.05, 3.63) is 77.5 Å². The van der Waals surface area contributed by atoms with Gasteiger partial charge in [-0.25, -0.2) is 4.39 Å². The van der Waals surface area contributed by atoms with Crippen LogP contribution in [0.2, 0.25) is 0 Å². The summed E-state index contributed by atoms with van der Waals surface area (Å²) in [7, 11) is 0. The third kappa shape index (κ3) is 2.19. The van der Waals surface area contributed by atoms with Crippen LogP contribution >= 0.6 is 0 Å². The summed E-state index contributed by atoms with van der Waals surface area (Å²) in [5.74, 6) is 0. The number of aromatic amines is 1. The van der Waals surface area contributed by atoms with E-state index in [2.05, 4.69) is 23.2 Å². The molecule has 2 nitrogen and oxygen atoms in total. The fourth-order valence-electron chi connectivity index (χ4n) is 4.37. The van der Waals surface area contributed by atoms with Gasteiger partial charge in [-0.2, -0.15) is 0 Å². The van der Waals surface area contributed by atoms with Crippen LogP contribution in [0.1, 0.15) is 29.7 Å². The van der Waals surface area contributed by atoms with E-state index in [1.54, 1.807) is 0 Å². The summed E-state index contributed by atoms with van der Waals surface area (Å²) in [5, 5.41) is 1.20. The number of nitrogens with one attached hydrogen (secondary N) is 1. The molecule has 2 aliphatic rings. The Balaban J connectivity index is 1.61. The second-order valence-corrected chi connectivity index (χ2v) is 6.98. The fourth-order valence-corrected chi connectivity index (χ4v) is 4.37. The first-order chi connectivity index (χ1) is 12.3. The van der Waals surface area contributed by atoms with Crippen molar-refractivity contribution in [2.75, 3.05) is 6.61 Å². The van der Waals surface area contributed by atoms with E-state index in [1.165, 1.54) is 10.9 Å². The van der Waals surface area contributed by atoms with Crippen molar-refractivity contribution in [3.63, 3.8) is 0 Å². The Hall–Kier alpha value is -2.39. The van der Waals surface area contributed by atoms with Gasteiger partial charge in [0.15, 0.2) is 0 Å². The van der Waals surface area contributed by atoms with E-state index in [0.29, 0.717) is 19.4 Å². The van der Waals surface area contributed by atoms with Crippen molar-refractivity contribution in [2.45, 2.75) is 31.0 Å². The maximum Gasteiger partial charge on any atom is 0.143 e. The molecule has 1 aliphatic heterocycles. The second kappa shape index (κ2) is 5.57. The van der Waals surface area contributed by atoms with Gasteiger partial charge in [0.2, 0.25) is 0 Å². The number of hydrogen-bond acceptors (Lipinski definition) is 1. The third-order valence-electron chi connectivity index (χ3n) is 5.65. The molecule has 0 radical (unpaired) electrons. The zero-order valence-electron chi connectivity index (χ0n) is 14.0. The third-order valence-corrected chi connectivity index (χ3v) is 5.65. The molecule has 126 valence electrons. The first kappa shape index (κ1) is 14.9. The summed E-state index contributed by atoms with van der Waals surface area (Å²) in [6, 6.07) is 18.3. The van der Waals surface area contributed by atoms with Crippen molar-refractivity contribution >= 4 is 16.5 Å². The molecule has 0 saturated carbocycles. The number of benzene rings is 2. The summed E-state index contributed by atoms with van der Waals surface area (Å²) >= 11 is 0. The standard InChI is InChI=1S/C22H20FNO/c23-20-14-16(15-6-2-1-3-7-15)10-12-22(20)21-18(11-13-25-22)17-8-4-5-9-19(17)24-21/h1-10,20,24H,11-14H2. The minimum atomic E-state index is -1.06. The Kier molecular flexibility index (Phi) is 3.32. The van der Waals surface area contributed by atoms with Crippen LogP contribution in [0.25, 0.3) is 16.5 Å². The SMILES string of the molecule is FC1CC(c2ccccc2)=CCC12OCCc1c2[nH]c2ccccc12. The van der Waals surface area contributed by atoms with Gasteiger partial charge < -0.3 is 9.72 Å². The molecule has 3 aromatic rings. The number of ether oxygens (including phenoxy) is 1. The van der Waals surface area contributed by atoms with E-state index < -0.39 is 11.8 Å². The predicted octanol–water partition coefficient (Wildman–Crippen LogP) is 5.15. The van der Waals surface area contributed by atoms with E-state index in [1.807, 2.05) is 42.5 Å². The molecule has 2 atom stereocenters. The van der Waals surface area contributed by atoms with Crippen LogP contribution in [-0.4, -0.2) is 17.8 Å². The Morgan fingerprint density at radius 2 is 1.84 bits per heavy atom. The molecule has 1 aromatic heterocycles. The zero-order valence-corrected chi connectivity index (χ0v) is 14.0. The Labute approximate surface area is 146 Å². The fraction of sp³-hybridized carbons (Fsp3) is 0.273. The molecule has 2 heterocycles. The lowest BCUT2D eigenvalue weighted by atomic mass is 9.77. The summed E-state index contributed by atoms with van der Waals surface area (Å²) < 4.78 is 21.6. The lowest BCUT2D eigenvalue weighted by molar-refractivity contribution is -0.113. The Morgan fingerprint density at radius 1 is 1.04 bits per heavy atom. The van der Waals surface area contributed by atoms with E-state index in [0.717, 1.165) is 28.8 Å². The molecular weight excluding hydrogens is 313 g/mol. The number of hydrogen-bond donors (Lipinski definition) is 1. The highest BCUT2D eigenvalue weighted by atomic mass is 19.1. The van der Waals surface area contributed by atoms with Gasteiger partial charge in [-0.15, -0.1) is 0 Å². The van der Waals surface area contributed by atoms with E-state index in [9.17, 15) is 0 Å².